The highest BCUT2D eigenvalue weighted by Crippen LogP contribution is 2.21. The molecule has 1 atom stereocenters. The summed E-state index contributed by atoms with van der Waals surface area (Å²) in [7, 11) is 0. The fourth-order valence-corrected chi connectivity index (χ4v) is 3.32. The lowest BCUT2D eigenvalue weighted by Gasteiger charge is -2.36. The summed E-state index contributed by atoms with van der Waals surface area (Å²) in [6.07, 6.45) is 6.17. The molecule has 1 fully saturated rings. The van der Waals surface area contributed by atoms with Crippen molar-refractivity contribution in [2.24, 2.45) is 5.73 Å². The molecule has 23 heavy (non-hydrogen) atoms. The van der Waals surface area contributed by atoms with Crippen molar-refractivity contribution in [2.75, 3.05) is 25.9 Å². The summed E-state index contributed by atoms with van der Waals surface area (Å²) in [5.41, 5.74) is 6.76. The molecule has 1 aromatic rings. The number of carbonyl (C=O) groups is 1. The Morgan fingerprint density at radius 3 is 2.74 bits per heavy atom. The molecule has 1 aliphatic heterocycles. The van der Waals surface area contributed by atoms with Crippen LogP contribution in [-0.2, 0) is 11.3 Å². The molecule has 1 heterocycles. The van der Waals surface area contributed by atoms with E-state index in [1.54, 1.807) is 11.8 Å². The van der Waals surface area contributed by atoms with Crippen molar-refractivity contribution in [3.63, 3.8) is 0 Å². The zero-order valence-electron chi connectivity index (χ0n) is 13.8. The SMILES string of the molecule is CSc1ccc(CN2CCCCC2CNC(=O)CCN)cc1.Cl. The van der Waals surface area contributed by atoms with E-state index in [1.807, 2.05) is 0 Å². The molecule has 0 radical (unpaired) electrons. The van der Waals surface area contributed by atoms with Gasteiger partial charge in [-0.3, -0.25) is 9.69 Å². The van der Waals surface area contributed by atoms with Crippen molar-refractivity contribution < 1.29 is 4.79 Å². The normalized spacial score (nSPS) is 18.3. The number of carbonyl (C=O) groups excluding carboxylic acids is 1. The molecule has 0 aliphatic carbocycles. The van der Waals surface area contributed by atoms with Crippen molar-refractivity contribution in [3.05, 3.63) is 29.8 Å². The molecule has 2 rings (SSSR count). The number of amides is 1. The minimum absolute atomic E-state index is 0. The number of nitrogens with two attached hydrogens (primary N) is 1. The zero-order chi connectivity index (χ0) is 15.8. The Hall–Kier alpha value is -0.750. The molecule has 6 heteroatoms. The number of likely N-dealkylation sites (tertiary alicyclic amines) is 1. The van der Waals surface area contributed by atoms with Gasteiger partial charge in [-0.05, 0) is 43.3 Å². The van der Waals surface area contributed by atoms with Crippen LogP contribution in [0.5, 0.6) is 0 Å². The Kier molecular flexibility index (Phi) is 9.63. The van der Waals surface area contributed by atoms with Gasteiger partial charge in [-0.1, -0.05) is 18.6 Å². The van der Waals surface area contributed by atoms with Crippen LogP contribution in [0.25, 0.3) is 0 Å². The van der Waals surface area contributed by atoms with E-state index >= 15 is 0 Å². The Morgan fingerprint density at radius 2 is 2.09 bits per heavy atom. The number of rotatable bonds is 7. The van der Waals surface area contributed by atoms with Crippen LogP contribution >= 0.6 is 24.2 Å². The second-order valence-corrected chi connectivity index (χ2v) is 6.69. The van der Waals surface area contributed by atoms with Crippen LogP contribution in [-0.4, -0.2) is 42.7 Å². The standard InChI is InChI=1S/C17H27N3OS.ClH/c1-22-16-7-5-14(6-8-16)13-20-11-3-2-4-15(20)12-19-17(21)9-10-18;/h5-8,15H,2-4,9-13,18H2,1H3,(H,19,21);1H. The van der Waals surface area contributed by atoms with E-state index in [2.05, 4.69) is 40.7 Å². The fraction of sp³-hybridized carbons (Fsp3) is 0.588. The first-order chi connectivity index (χ1) is 10.7. The Balaban J connectivity index is 0.00000264. The number of hydrogen-bond donors (Lipinski definition) is 2. The molecule has 4 nitrogen and oxygen atoms in total. The number of halogens is 1. The Bertz CT molecular complexity index is 469. The van der Waals surface area contributed by atoms with Gasteiger partial charge in [-0.25, -0.2) is 0 Å². The second kappa shape index (κ2) is 10.9. The van der Waals surface area contributed by atoms with Gasteiger partial charge in [0.2, 0.25) is 5.91 Å². The third kappa shape index (κ3) is 6.71. The molecule has 0 saturated carbocycles. The summed E-state index contributed by atoms with van der Waals surface area (Å²) in [5, 5.41) is 3.02. The number of nitrogens with zero attached hydrogens (tertiary/aromatic N) is 1. The van der Waals surface area contributed by atoms with Gasteiger partial charge in [0.15, 0.2) is 0 Å². The van der Waals surface area contributed by atoms with E-state index in [0.29, 0.717) is 19.0 Å². The van der Waals surface area contributed by atoms with Gasteiger partial charge < -0.3 is 11.1 Å². The molecule has 1 aromatic carbocycles. The topological polar surface area (TPSA) is 58.4 Å². The highest BCUT2D eigenvalue weighted by Gasteiger charge is 2.22. The van der Waals surface area contributed by atoms with Gasteiger partial charge >= 0.3 is 0 Å². The van der Waals surface area contributed by atoms with Gasteiger partial charge in [0.25, 0.3) is 0 Å². The first-order valence-electron chi connectivity index (χ1n) is 8.06. The van der Waals surface area contributed by atoms with Crippen LogP contribution < -0.4 is 11.1 Å². The van der Waals surface area contributed by atoms with Gasteiger partial charge in [0.1, 0.15) is 0 Å². The summed E-state index contributed by atoms with van der Waals surface area (Å²) in [4.78, 5) is 15.4. The highest BCUT2D eigenvalue weighted by molar-refractivity contribution is 7.98. The first kappa shape index (κ1) is 20.3. The van der Waals surface area contributed by atoms with Crippen LogP contribution in [0.15, 0.2) is 29.2 Å². The van der Waals surface area contributed by atoms with Gasteiger partial charge in [-0.15, -0.1) is 24.2 Å². The van der Waals surface area contributed by atoms with Crippen molar-refractivity contribution in [2.45, 2.75) is 43.2 Å². The molecule has 1 aliphatic rings. The lowest BCUT2D eigenvalue weighted by molar-refractivity contribution is -0.121. The van der Waals surface area contributed by atoms with Crippen molar-refractivity contribution in [1.82, 2.24) is 10.2 Å². The minimum Gasteiger partial charge on any atom is -0.354 e. The maximum absolute atomic E-state index is 11.6. The second-order valence-electron chi connectivity index (χ2n) is 5.81. The van der Waals surface area contributed by atoms with Gasteiger partial charge in [-0.2, -0.15) is 0 Å². The predicted molar refractivity (Wildman–Crippen MR) is 100 cm³/mol. The number of nitrogens with one attached hydrogen (secondary N) is 1. The zero-order valence-corrected chi connectivity index (χ0v) is 15.4. The molecule has 1 saturated heterocycles. The van der Waals surface area contributed by atoms with Crippen LogP contribution in [0.3, 0.4) is 0 Å². The molecule has 3 N–H and O–H groups in total. The number of benzene rings is 1. The third-order valence-corrected chi connectivity index (χ3v) is 4.94. The Labute approximate surface area is 150 Å². The summed E-state index contributed by atoms with van der Waals surface area (Å²) in [6, 6.07) is 9.23. The van der Waals surface area contributed by atoms with Crippen molar-refractivity contribution in [1.29, 1.82) is 0 Å². The predicted octanol–water partition coefficient (Wildman–Crippen LogP) is 2.65. The van der Waals surface area contributed by atoms with Gasteiger partial charge in [0.05, 0.1) is 0 Å². The lowest BCUT2D eigenvalue weighted by Crippen LogP contribution is -2.46. The summed E-state index contributed by atoms with van der Waals surface area (Å²) in [6.45, 7) is 3.23. The molecule has 130 valence electrons. The first-order valence-corrected chi connectivity index (χ1v) is 9.29. The maximum Gasteiger partial charge on any atom is 0.221 e. The van der Waals surface area contributed by atoms with E-state index in [4.69, 9.17) is 5.73 Å². The smallest absolute Gasteiger partial charge is 0.221 e. The molecule has 1 unspecified atom stereocenters. The molecule has 0 bridgehead atoms. The van der Waals surface area contributed by atoms with Crippen LogP contribution in [0.4, 0.5) is 0 Å². The minimum atomic E-state index is 0. The quantitative estimate of drug-likeness (QED) is 0.736. The van der Waals surface area contributed by atoms with E-state index in [0.717, 1.165) is 26.1 Å². The average molecular weight is 358 g/mol. The van der Waals surface area contributed by atoms with E-state index in [1.165, 1.54) is 23.3 Å². The third-order valence-electron chi connectivity index (χ3n) is 4.20. The fourth-order valence-electron chi connectivity index (χ4n) is 2.92. The maximum atomic E-state index is 11.6. The number of piperidine rings is 1. The molecular weight excluding hydrogens is 330 g/mol. The van der Waals surface area contributed by atoms with Crippen LogP contribution in [0.1, 0.15) is 31.2 Å². The summed E-state index contributed by atoms with van der Waals surface area (Å²) in [5.74, 6) is 0.0670. The van der Waals surface area contributed by atoms with Crippen molar-refractivity contribution in [3.8, 4) is 0 Å². The molecule has 1 amide bonds. The molecular formula is C17H28ClN3OS. The highest BCUT2D eigenvalue weighted by atomic mass is 35.5. The van der Waals surface area contributed by atoms with Crippen molar-refractivity contribution >= 4 is 30.1 Å². The van der Waals surface area contributed by atoms with E-state index in [9.17, 15) is 4.79 Å². The van der Waals surface area contributed by atoms with Gasteiger partial charge in [0, 0.05) is 37.0 Å². The van der Waals surface area contributed by atoms with Crippen LogP contribution in [0, 0.1) is 0 Å². The summed E-state index contributed by atoms with van der Waals surface area (Å²) >= 11 is 1.77. The van der Waals surface area contributed by atoms with Crippen LogP contribution in [0.2, 0.25) is 0 Å². The number of thioether (sulfide) groups is 1. The lowest BCUT2D eigenvalue weighted by atomic mass is 10.0. The molecule has 0 spiro atoms. The Morgan fingerprint density at radius 1 is 1.35 bits per heavy atom. The molecule has 0 aromatic heterocycles. The number of hydrogen-bond acceptors (Lipinski definition) is 4. The van der Waals surface area contributed by atoms with E-state index < -0.39 is 0 Å². The average Bonchev–Trinajstić information content (AvgIpc) is 2.55. The van der Waals surface area contributed by atoms with E-state index in [-0.39, 0.29) is 18.3 Å². The largest absolute Gasteiger partial charge is 0.354 e. The summed E-state index contributed by atoms with van der Waals surface area (Å²) < 4.78 is 0. The monoisotopic (exact) mass is 357 g/mol.